The lowest BCUT2D eigenvalue weighted by Crippen LogP contribution is -2.47. The number of nitrogens with zero attached hydrogens (tertiary/aromatic N) is 8. The molecule has 12 nitrogen and oxygen atoms in total. The molecule has 0 spiro atoms. The number of guanidine groups is 1. The second-order valence-corrected chi connectivity index (χ2v) is 15.9. The summed E-state index contributed by atoms with van der Waals surface area (Å²) >= 11 is 6.45. The zero-order chi connectivity index (χ0) is 41.9. The number of halogens is 8. The Kier molecular flexibility index (Phi) is 10.3. The minimum absolute atomic E-state index is 0.0417. The SMILES string of the molecule is CC(C)(C)C[C@]1(c2ccc3nc(-c4cnn(C(F)F)c4)ccc3c2)N=C(N)N([C@H](COC(=O)CC2(C(F)(F)F)CC2)c2ccc(Cl)c(-n3ncnc3C(F)F)c2)C1=O. The third-order valence-corrected chi connectivity index (χ3v) is 10.5. The quantitative estimate of drug-likeness (QED) is 0.0974. The average Bonchev–Trinajstić information content (AvgIpc) is 3.45. The maximum absolute atomic E-state index is 15.1. The van der Waals surface area contributed by atoms with Gasteiger partial charge >= 0.3 is 18.7 Å². The summed E-state index contributed by atoms with van der Waals surface area (Å²) in [6.45, 7) is 2.10. The van der Waals surface area contributed by atoms with E-state index in [1.165, 1.54) is 24.4 Å². The van der Waals surface area contributed by atoms with Gasteiger partial charge in [0, 0.05) is 17.1 Å². The van der Waals surface area contributed by atoms with Gasteiger partial charge in [-0.15, -0.1) is 0 Å². The number of nitrogens with two attached hydrogens (primary N) is 1. The van der Waals surface area contributed by atoms with Gasteiger partial charge in [0.15, 0.2) is 17.3 Å². The van der Waals surface area contributed by atoms with E-state index < -0.39 is 72.3 Å². The van der Waals surface area contributed by atoms with E-state index in [2.05, 4.69) is 20.2 Å². The minimum atomic E-state index is -4.64. The fourth-order valence-corrected chi connectivity index (χ4v) is 7.41. The Morgan fingerprint density at radius 3 is 2.40 bits per heavy atom. The Balaban J connectivity index is 1.29. The summed E-state index contributed by atoms with van der Waals surface area (Å²) in [5.74, 6) is -2.91. The van der Waals surface area contributed by atoms with Crippen LogP contribution < -0.4 is 5.73 Å². The average molecular weight is 834 g/mol. The molecule has 1 fully saturated rings. The molecule has 1 saturated carbocycles. The van der Waals surface area contributed by atoms with Crippen LogP contribution in [0, 0.1) is 10.8 Å². The van der Waals surface area contributed by atoms with Crippen LogP contribution in [0.4, 0.5) is 30.7 Å². The molecule has 0 saturated heterocycles. The first-order valence-corrected chi connectivity index (χ1v) is 18.2. The molecule has 0 radical (unpaired) electrons. The van der Waals surface area contributed by atoms with Crippen molar-refractivity contribution < 1.29 is 45.1 Å². The van der Waals surface area contributed by atoms with Crippen molar-refractivity contribution in [2.24, 2.45) is 21.6 Å². The van der Waals surface area contributed by atoms with Crippen molar-refractivity contribution in [1.29, 1.82) is 0 Å². The number of alkyl halides is 7. The van der Waals surface area contributed by atoms with Crippen molar-refractivity contribution >= 4 is 40.3 Å². The van der Waals surface area contributed by atoms with Crippen LogP contribution in [0.2, 0.25) is 5.02 Å². The van der Waals surface area contributed by atoms with E-state index in [0.717, 1.165) is 22.1 Å². The van der Waals surface area contributed by atoms with E-state index in [4.69, 9.17) is 27.1 Å². The summed E-state index contributed by atoms with van der Waals surface area (Å²) in [4.78, 5) is 42.2. The third kappa shape index (κ3) is 7.58. The van der Waals surface area contributed by atoms with Crippen molar-refractivity contribution in [3.63, 3.8) is 0 Å². The normalized spacial score (nSPS) is 18.7. The summed E-state index contributed by atoms with van der Waals surface area (Å²) < 4.78 is 102. The molecule has 2 aromatic carbocycles. The molecule has 4 heterocycles. The number of hydrogen-bond donors (Lipinski definition) is 1. The van der Waals surface area contributed by atoms with Gasteiger partial charge in [-0.05, 0) is 66.1 Å². The lowest BCUT2D eigenvalue weighted by atomic mass is 9.75. The highest BCUT2D eigenvalue weighted by Gasteiger charge is 2.64. The molecular weight excluding hydrogens is 799 g/mol. The van der Waals surface area contributed by atoms with Crippen molar-refractivity contribution in [2.75, 3.05) is 6.61 Å². The third-order valence-electron chi connectivity index (χ3n) is 10.2. The van der Waals surface area contributed by atoms with Gasteiger partial charge in [-0.3, -0.25) is 14.5 Å². The first-order chi connectivity index (χ1) is 27.2. The largest absolute Gasteiger partial charge is 0.463 e. The van der Waals surface area contributed by atoms with E-state index in [9.17, 15) is 35.5 Å². The second-order valence-electron chi connectivity index (χ2n) is 15.5. The van der Waals surface area contributed by atoms with E-state index >= 15 is 4.79 Å². The summed E-state index contributed by atoms with van der Waals surface area (Å²) in [7, 11) is 0. The lowest BCUT2D eigenvalue weighted by Gasteiger charge is -2.35. The van der Waals surface area contributed by atoms with Gasteiger partial charge in [0.1, 0.15) is 12.9 Å². The Bertz CT molecular complexity index is 2420. The van der Waals surface area contributed by atoms with Crippen LogP contribution in [0.3, 0.4) is 0 Å². The topological polar surface area (TPSA) is 146 Å². The Hall–Kier alpha value is -5.59. The summed E-state index contributed by atoms with van der Waals surface area (Å²) in [5, 5.41) is 8.06. The lowest BCUT2D eigenvalue weighted by molar-refractivity contribution is -0.195. The molecule has 20 heteroatoms. The number of aromatic nitrogens is 6. The minimum Gasteiger partial charge on any atom is -0.463 e. The van der Waals surface area contributed by atoms with Crippen molar-refractivity contribution in [3.05, 3.63) is 89.2 Å². The van der Waals surface area contributed by atoms with Gasteiger partial charge in [-0.25, -0.2) is 33.1 Å². The van der Waals surface area contributed by atoms with Crippen LogP contribution >= 0.6 is 11.6 Å². The number of hydrogen-bond acceptors (Lipinski definition) is 9. The fraction of sp³-hybridized carbons (Fsp3) is 0.395. The van der Waals surface area contributed by atoms with Gasteiger partial charge in [0.2, 0.25) is 0 Å². The van der Waals surface area contributed by atoms with Gasteiger partial charge < -0.3 is 10.5 Å². The molecular formula is C38H35ClF7N9O3. The molecule has 2 N–H and O–H groups in total. The molecule has 0 unspecified atom stereocenters. The maximum Gasteiger partial charge on any atom is 0.395 e. The molecule has 58 heavy (non-hydrogen) atoms. The Morgan fingerprint density at radius 1 is 1.02 bits per heavy atom. The van der Waals surface area contributed by atoms with Crippen LogP contribution in [0.25, 0.3) is 27.8 Å². The molecule has 1 amide bonds. The molecule has 5 aromatic rings. The van der Waals surface area contributed by atoms with Crippen LogP contribution in [-0.4, -0.2) is 65.0 Å². The predicted molar refractivity (Wildman–Crippen MR) is 196 cm³/mol. The van der Waals surface area contributed by atoms with Crippen LogP contribution in [0.5, 0.6) is 0 Å². The monoisotopic (exact) mass is 833 g/mol. The number of rotatable bonds is 12. The second kappa shape index (κ2) is 14.7. The van der Waals surface area contributed by atoms with Crippen molar-refractivity contribution in [3.8, 4) is 16.9 Å². The number of pyridine rings is 1. The van der Waals surface area contributed by atoms with Crippen LogP contribution in [0.15, 0.2) is 72.2 Å². The first-order valence-electron chi connectivity index (χ1n) is 17.9. The van der Waals surface area contributed by atoms with Gasteiger partial charge in [0.25, 0.3) is 12.3 Å². The maximum atomic E-state index is 15.1. The van der Waals surface area contributed by atoms with Gasteiger partial charge in [-0.1, -0.05) is 50.6 Å². The highest BCUT2D eigenvalue weighted by molar-refractivity contribution is 6.32. The molecule has 306 valence electrons. The number of amides is 1. The molecule has 1 aliphatic carbocycles. The van der Waals surface area contributed by atoms with Crippen molar-refractivity contribution in [1.82, 2.24) is 34.4 Å². The van der Waals surface area contributed by atoms with Crippen LogP contribution in [0.1, 0.15) is 82.4 Å². The van der Waals surface area contributed by atoms with E-state index in [-0.39, 0.29) is 41.5 Å². The summed E-state index contributed by atoms with van der Waals surface area (Å²) in [5.41, 5.74) is 3.74. The predicted octanol–water partition coefficient (Wildman–Crippen LogP) is 8.47. The summed E-state index contributed by atoms with van der Waals surface area (Å²) in [6.07, 6.45) is -5.72. The number of carbonyl (C=O) groups excluding carboxylic acids is 2. The first kappa shape index (κ1) is 40.6. The van der Waals surface area contributed by atoms with E-state index in [1.54, 1.807) is 30.3 Å². The Labute approximate surface area is 330 Å². The number of benzene rings is 2. The molecule has 0 bridgehead atoms. The molecule has 2 aliphatic rings. The zero-order valence-electron chi connectivity index (χ0n) is 31.0. The van der Waals surface area contributed by atoms with E-state index in [0.29, 0.717) is 32.4 Å². The number of esters is 1. The standard InChI is InChI=1S/C38H35ClF7N9O3/c1-35(2,3)18-37(23-6-9-25-20(12-23)5-8-26(51-25)22-15-49-53(16-22)33(42)43)32(57)54(34(47)52-37)28(17-58-29(56)14-36(10-11-36)38(44,45)46)21-4-7-24(39)27(13-21)55-31(30(40)41)48-19-50-55/h4-9,12-13,15-16,19,28,30,33H,10-11,14,17-18H2,1-3H3,(H2,47,52)/t28-,37-/m1/s1. The smallest absolute Gasteiger partial charge is 0.395 e. The highest BCUT2D eigenvalue weighted by Crippen LogP contribution is 2.60. The number of ether oxygens (including phenoxy) is 1. The number of carbonyl (C=O) groups is 2. The van der Waals surface area contributed by atoms with Gasteiger partial charge in [-0.2, -0.15) is 32.1 Å². The molecule has 7 rings (SSSR count). The Morgan fingerprint density at radius 2 is 1.76 bits per heavy atom. The van der Waals surface area contributed by atoms with E-state index in [1.807, 2.05) is 20.8 Å². The highest BCUT2D eigenvalue weighted by atomic mass is 35.5. The molecule has 2 atom stereocenters. The number of fused-ring (bicyclic) bond motifs is 1. The fourth-order valence-electron chi connectivity index (χ4n) is 7.21. The zero-order valence-corrected chi connectivity index (χ0v) is 31.8. The van der Waals surface area contributed by atoms with Gasteiger partial charge in [0.05, 0.1) is 46.0 Å². The number of aliphatic imine (C=N–C) groups is 1. The molecule has 1 aliphatic heterocycles. The van der Waals surface area contributed by atoms with Crippen LogP contribution in [-0.2, 0) is 19.9 Å². The van der Waals surface area contributed by atoms with Crippen molar-refractivity contribution in [2.45, 2.75) is 77.2 Å². The summed E-state index contributed by atoms with van der Waals surface area (Å²) in [6, 6.07) is 11.0. The molecule has 3 aromatic heterocycles.